The summed E-state index contributed by atoms with van der Waals surface area (Å²) in [5, 5.41) is 0. The molecule has 1 unspecified atom stereocenters. The number of rotatable bonds is 3. The van der Waals surface area contributed by atoms with E-state index in [2.05, 4.69) is 0 Å². The van der Waals surface area contributed by atoms with Crippen LogP contribution in [0.5, 0.6) is 0 Å². The lowest BCUT2D eigenvalue weighted by molar-refractivity contribution is 0.531. The minimum atomic E-state index is 0.00472. The van der Waals surface area contributed by atoms with E-state index < -0.39 is 0 Å². The zero-order chi connectivity index (χ0) is 11.7. The highest BCUT2D eigenvalue weighted by Gasteiger charge is 2.11. The molecule has 2 rings (SSSR count). The van der Waals surface area contributed by atoms with Crippen LogP contribution in [-0.4, -0.2) is 15.2 Å². The van der Waals surface area contributed by atoms with Crippen molar-refractivity contribution in [1.29, 1.82) is 0 Å². The van der Waals surface area contributed by atoms with E-state index in [0.29, 0.717) is 6.54 Å². The number of para-hydroxylation sites is 2. The predicted molar refractivity (Wildman–Crippen MR) is 65.4 cm³/mol. The fraction of sp³-hybridized carbons (Fsp3) is 0.417. The number of nitrogens with zero attached hydrogens (tertiary/aromatic N) is 2. The molecule has 0 fully saturated rings. The molecule has 1 aromatic carbocycles. The first-order valence-corrected chi connectivity index (χ1v) is 5.55. The minimum Gasteiger partial charge on any atom is -0.326 e. The van der Waals surface area contributed by atoms with E-state index in [1.807, 2.05) is 31.2 Å². The standard InChI is InChI=1S/C12H17N3O/c1-3-9(13)8-15-11-7-5-4-6-10(11)14(2)12(15)16/h4-7,9H,3,8,13H2,1-2H3. The van der Waals surface area contributed by atoms with Gasteiger partial charge in [0, 0.05) is 19.6 Å². The van der Waals surface area contributed by atoms with Crippen LogP contribution in [0.15, 0.2) is 29.1 Å². The number of hydrogen-bond acceptors (Lipinski definition) is 2. The minimum absolute atomic E-state index is 0.00472. The molecule has 16 heavy (non-hydrogen) atoms. The van der Waals surface area contributed by atoms with Crippen molar-refractivity contribution in [2.45, 2.75) is 25.9 Å². The van der Waals surface area contributed by atoms with Gasteiger partial charge in [0.1, 0.15) is 0 Å². The first kappa shape index (κ1) is 11.0. The van der Waals surface area contributed by atoms with Crippen molar-refractivity contribution in [3.05, 3.63) is 34.7 Å². The summed E-state index contributed by atoms with van der Waals surface area (Å²) in [6.07, 6.45) is 0.871. The van der Waals surface area contributed by atoms with Crippen molar-refractivity contribution in [3.8, 4) is 0 Å². The van der Waals surface area contributed by atoms with Crippen LogP contribution >= 0.6 is 0 Å². The Kier molecular flexibility index (Phi) is 2.83. The van der Waals surface area contributed by atoms with Crippen molar-refractivity contribution in [2.75, 3.05) is 0 Å². The Bertz CT molecular complexity index is 553. The molecule has 4 nitrogen and oxygen atoms in total. The second kappa shape index (κ2) is 4.14. The Morgan fingerprint density at radius 2 is 1.94 bits per heavy atom. The van der Waals surface area contributed by atoms with Crippen molar-refractivity contribution < 1.29 is 0 Å². The molecule has 1 atom stereocenters. The van der Waals surface area contributed by atoms with Gasteiger partial charge in [-0.3, -0.25) is 9.13 Å². The molecule has 0 saturated carbocycles. The Morgan fingerprint density at radius 1 is 1.31 bits per heavy atom. The SMILES string of the molecule is CCC(N)Cn1c(=O)n(C)c2ccccc21. The molecule has 2 N–H and O–H groups in total. The monoisotopic (exact) mass is 219 g/mol. The molecule has 0 aliphatic carbocycles. The van der Waals surface area contributed by atoms with Crippen LogP contribution in [0.25, 0.3) is 11.0 Å². The van der Waals surface area contributed by atoms with Gasteiger partial charge in [-0.05, 0) is 18.6 Å². The lowest BCUT2D eigenvalue weighted by atomic mass is 10.2. The lowest BCUT2D eigenvalue weighted by Gasteiger charge is -2.09. The number of aromatic nitrogens is 2. The third kappa shape index (κ3) is 1.65. The van der Waals surface area contributed by atoms with Crippen LogP contribution in [-0.2, 0) is 13.6 Å². The fourth-order valence-corrected chi connectivity index (χ4v) is 1.90. The van der Waals surface area contributed by atoms with E-state index in [1.165, 1.54) is 0 Å². The Hall–Kier alpha value is -1.55. The van der Waals surface area contributed by atoms with Crippen molar-refractivity contribution in [2.24, 2.45) is 12.8 Å². The molecule has 0 amide bonds. The summed E-state index contributed by atoms with van der Waals surface area (Å²) in [5.41, 5.74) is 7.82. The third-order valence-electron chi connectivity index (χ3n) is 2.99. The average molecular weight is 219 g/mol. The summed E-state index contributed by atoms with van der Waals surface area (Å²) in [7, 11) is 1.79. The number of benzene rings is 1. The van der Waals surface area contributed by atoms with Gasteiger partial charge in [-0.15, -0.1) is 0 Å². The molecule has 0 aliphatic heterocycles. The maximum atomic E-state index is 12.0. The zero-order valence-electron chi connectivity index (χ0n) is 9.68. The molecule has 0 spiro atoms. The van der Waals surface area contributed by atoms with E-state index >= 15 is 0 Å². The van der Waals surface area contributed by atoms with Crippen LogP contribution in [0.3, 0.4) is 0 Å². The summed E-state index contributed by atoms with van der Waals surface area (Å²) in [5.74, 6) is 0. The van der Waals surface area contributed by atoms with Gasteiger partial charge in [0.2, 0.25) is 0 Å². The molecule has 0 aliphatic rings. The molecule has 86 valence electrons. The molecule has 0 bridgehead atoms. The smallest absolute Gasteiger partial charge is 0.326 e. The summed E-state index contributed by atoms with van der Waals surface area (Å²) in [6, 6.07) is 7.81. The van der Waals surface area contributed by atoms with Crippen molar-refractivity contribution in [3.63, 3.8) is 0 Å². The quantitative estimate of drug-likeness (QED) is 0.839. The zero-order valence-corrected chi connectivity index (χ0v) is 9.68. The number of hydrogen-bond donors (Lipinski definition) is 1. The van der Waals surface area contributed by atoms with Gasteiger partial charge in [-0.2, -0.15) is 0 Å². The Morgan fingerprint density at radius 3 is 2.56 bits per heavy atom. The third-order valence-corrected chi connectivity index (χ3v) is 2.99. The van der Waals surface area contributed by atoms with Gasteiger partial charge in [-0.1, -0.05) is 19.1 Å². The largest absolute Gasteiger partial charge is 0.328 e. The molecular formula is C12H17N3O. The molecule has 0 saturated heterocycles. The summed E-state index contributed by atoms with van der Waals surface area (Å²) >= 11 is 0. The van der Waals surface area contributed by atoms with Gasteiger partial charge in [0.25, 0.3) is 0 Å². The highest BCUT2D eigenvalue weighted by atomic mass is 16.1. The number of aryl methyl sites for hydroxylation is 1. The van der Waals surface area contributed by atoms with E-state index in [9.17, 15) is 4.79 Å². The topological polar surface area (TPSA) is 52.9 Å². The van der Waals surface area contributed by atoms with Crippen LogP contribution in [0.4, 0.5) is 0 Å². The number of imidazole rings is 1. The summed E-state index contributed by atoms with van der Waals surface area (Å²) < 4.78 is 3.42. The number of fused-ring (bicyclic) bond motifs is 1. The van der Waals surface area contributed by atoms with Crippen LogP contribution in [0, 0.1) is 0 Å². The van der Waals surface area contributed by atoms with E-state index in [4.69, 9.17) is 5.73 Å². The van der Waals surface area contributed by atoms with E-state index in [0.717, 1.165) is 17.5 Å². The summed E-state index contributed by atoms with van der Waals surface area (Å²) in [6.45, 7) is 2.61. The lowest BCUT2D eigenvalue weighted by Crippen LogP contribution is -2.31. The van der Waals surface area contributed by atoms with Crippen LogP contribution in [0.2, 0.25) is 0 Å². The fourth-order valence-electron chi connectivity index (χ4n) is 1.90. The number of nitrogens with two attached hydrogens (primary N) is 1. The molecule has 0 radical (unpaired) electrons. The van der Waals surface area contributed by atoms with Gasteiger partial charge < -0.3 is 5.73 Å². The maximum absolute atomic E-state index is 12.0. The van der Waals surface area contributed by atoms with E-state index in [-0.39, 0.29) is 11.7 Å². The first-order valence-electron chi connectivity index (χ1n) is 5.55. The van der Waals surface area contributed by atoms with Gasteiger partial charge in [0.05, 0.1) is 11.0 Å². The molecular weight excluding hydrogens is 202 g/mol. The summed E-state index contributed by atoms with van der Waals surface area (Å²) in [4.78, 5) is 12.0. The first-order chi connectivity index (χ1) is 7.65. The second-order valence-electron chi connectivity index (χ2n) is 4.11. The van der Waals surface area contributed by atoms with Gasteiger partial charge in [0.15, 0.2) is 0 Å². The Balaban J connectivity index is 2.60. The second-order valence-corrected chi connectivity index (χ2v) is 4.11. The van der Waals surface area contributed by atoms with Crippen molar-refractivity contribution >= 4 is 11.0 Å². The highest BCUT2D eigenvalue weighted by Crippen LogP contribution is 2.11. The van der Waals surface area contributed by atoms with Gasteiger partial charge in [-0.25, -0.2) is 4.79 Å². The predicted octanol–water partition coefficient (Wildman–Crippen LogP) is 1.08. The maximum Gasteiger partial charge on any atom is 0.328 e. The highest BCUT2D eigenvalue weighted by molar-refractivity contribution is 5.75. The molecule has 1 heterocycles. The Labute approximate surface area is 94.3 Å². The van der Waals surface area contributed by atoms with Gasteiger partial charge >= 0.3 is 5.69 Å². The van der Waals surface area contributed by atoms with E-state index in [1.54, 1.807) is 16.2 Å². The normalized spacial score (nSPS) is 13.2. The van der Waals surface area contributed by atoms with Crippen LogP contribution in [0.1, 0.15) is 13.3 Å². The van der Waals surface area contributed by atoms with Crippen molar-refractivity contribution in [1.82, 2.24) is 9.13 Å². The molecule has 4 heteroatoms. The molecule has 1 aromatic heterocycles. The average Bonchev–Trinajstić information content (AvgIpc) is 2.55. The van der Waals surface area contributed by atoms with Crippen LogP contribution < -0.4 is 11.4 Å². The molecule has 2 aromatic rings.